The van der Waals surface area contributed by atoms with Gasteiger partial charge in [-0.25, -0.2) is 13.2 Å². The summed E-state index contributed by atoms with van der Waals surface area (Å²) in [4.78, 5) is 13.5. The molecule has 0 radical (unpaired) electrons. The van der Waals surface area contributed by atoms with Crippen LogP contribution in [0, 0.1) is 5.82 Å². The summed E-state index contributed by atoms with van der Waals surface area (Å²) < 4.78 is 48.7. The van der Waals surface area contributed by atoms with E-state index in [1.165, 1.54) is 12.1 Å². The van der Waals surface area contributed by atoms with E-state index in [4.69, 9.17) is 20.8 Å². The van der Waals surface area contributed by atoms with Crippen molar-refractivity contribution in [1.82, 2.24) is 20.4 Å². The number of nitrogens with one attached hydrogen (secondary N) is 1. The number of hydrogen-bond acceptors (Lipinski definition) is 6. The van der Waals surface area contributed by atoms with Crippen molar-refractivity contribution in [3.8, 4) is 5.75 Å². The summed E-state index contributed by atoms with van der Waals surface area (Å²) in [6, 6.07) is 3.88. The molecule has 1 N–H and O–H groups in total. The van der Waals surface area contributed by atoms with Crippen molar-refractivity contribution >= 4 is 17.5 Å². The molecule has 0 bridgehead atoms. The average Bonchev–Trinajstić information content (AvgIpc) is 3.12. The number of rotatable bonds is 10. The van der Waals surface area contributed by atoms with Gasteiger partial charge in [0.05, 0.1) is 17.5 Å². The van der Waals surface area contributed by atoms with Gasteiger partial charge in [0, 0.05) is 31.3 Å². The molecule has 2 aromatic rings. The molecular formula is C19H20ClF3N4O3. The molecule has 1 aromatic heterocycles. The quantitative estimate of drug-likeness (QED) is 0.606. The number of aryl methyl sites for hydroxylation is 1. The molecule has 30 heavy (non-hydrogen) atoms. The zero-order valence-electron chi connectivity index (χ0n) is 15.9. The smallest absolute Gasteiger partial charge is 0.262 e. The second kappa shape index (κ2) is 9.94. The third kappa shape index (κ3) is 6.20. The number of amides is 1. The Hall–Kier alpha value is -2.59. The van der Waals surface area contributed by atoms with Gasteiger partial charge in [-0.3, -0.25) is 9.69 Å². The van der Waals surface area contributed by atoms with Crippen LogP contribution in [0.1, 0.15) is 24.1 Å². The lowest BCUT2D eigenvalue weighted by atomic mass is 10.0. The maximum Gasteiger partial charge on any atom is 0.262 e. The molecule has 3 rings (SSSR count). The predicted octanol–water partition coefficient (Wildman–Crippen LogP) is 3.17. The van der Waals surface area contributed by atoms with Crippen LogP contribution in [0.2, 0.25) is 5.02 Å². The molecule has 1 aliphatic heterocycles. The second-order valence-electron chi connectivity index (χ2n) is 6.86. The lowest BCUT2D eigenvalue weighted by Crippen LogP contribution is -2.47. The van der Waals surface area contributed by atoms with Crippen LogP contribution < -0.4 is 10.1 Å². The maximum atomic E-state index is 13.3. The lowest BCUT2D eigenvalue weighted by Gasteiger charge is -2.36. The molecule has 1 aliphatic rings. The summed E-state index contributed by atoms with van der Waals surface area (Å²) in [5, 5.41) is 10.4. The zero-order chi connectivity index (χ0) is 21.7. The fourth-order valence-electron chi connectivity index (χ4n) is 2.87. The Bertz CT molecular complexity index is 903. The van der Waals surface area contributed by atoms with Crippen LogP contribution >= 0.6 is 11.6 Å². The fourth-order valence-corrected chi connectivity index (χ4v) is 2.99. The van der Waals surface area contributed by atoms with Crippen LogP contribution in [0.5, 0.6) is 5.75 Å². The number of aromatic nitrogens is 2. The van der Waals surface area contributed by atoms with Crippen molar-refractivity contribution in [3.63, 3.8) is 0 Å². The Balaban J connectivity index is 1.36. The van der Waals surface area contributed by atoms with Crippen molar-refractivity contribution in [2.75, 3.05) is 26.2 Å². The van der Waals surface area contributed by atoms with Crippen LogP contribution in [-0.2, 0) is 11.2 Å². The van der Waals surface area contributed by atoms with Crippen LogP contribution in [0.4, 0.5) is 13.2 Å². The maximum absolute atomic E-state index is 13.3. The molecule has 0 aliphatic carbocycles. The van der Waals surface area contributed by atoms with Gasteiger partial charge >= 0.3 is 0 Å². The summed E-state index contributed by atoms with van der Waals surface area (Å²) in [6.07, 6.45) is -1.63. The molecule has 0 spiro atoms. The summed E-state index contributed by atoms with van der Waals surface area (Å²) >= 11 is 5.58. The van der Waals surface area contributed by atoms with Crippen molar-refractivity contribution in [1.29, 1.82) is 0 Å². The standard InChI is InChI=1S/C19H20ClF3N4O3/c1-11(24-17(28)10-29-13-3-4-14(20)15(21)6-13)2-5-18-25-26-19(30-18)12-7-27(8-12)9-16(22)23/h3-4,6,12,16H,1-2,5,7-10H2,(H,24,28). The molecule has 11 heteroatoms. The topological polar surface area (TPSA) is 80.5 Å². The SMILES string of the molecule is C=C(CCc1nnc(C2CN(CC(F)F)C2)o1)NC(=O)COc1ccc(Cl)c(F)c1. The van der Waals surface area contributed by atoms with E-state index in [9.17, 15) is 18.0 Å². The van der Waals surface area contributed by atoms with Crippen molar-refractivity contribution in [2.24, 2.45) is 0 Å². The van der Waals surface area contributed by atoms with Gasteiger partial charge in [-0.15, -0.1) is 10.2 Å². The van der Waals surface area contributed by atoms with Crippen LogP contribution in [0.3, 0.4) is 0 Å². The molecule has 0 atom stereocenters. The van der Waals surface area contributed by atoms with Crippen LogP contribution in [0.25, 0.3) is 0 Å². The fraction of sp³-hybridized carbons (Fsp3) is 0.421. The second-order valence-corrected chi connectivity index (χ2v) is 7.26. The van der Waals surface area contributed by atoms with Crippen molar-refractivity contribution < 1.29 is 27.1 Å². The zero-order valence-corrected chi connectivity index (χ0v) is 16.7. The van der Waals surface area contributed by atoms with E-state index in [0.29, 0.717) is 43.4 Å². The van der Waals surface area contributed by atoms with Gasteiger partial charge < -0.3 is 14.5 Å². The molecule has 0 unspecified atom stereocenters. The number of carbonyl (C=O) groups is 1. The monoisotopic (exact) mass is 444 g/mol. The highest BCUT2D eigenvalue weighted by molar-refractivity contribution is 6.30. The van der Waals surface area contributed by atoms with Crippen LogP contribution in [0.15, 0.2) is 34.9 Å². The minimum absolute atomic E-state index is 0.0350. The normalized spacial score (nSPS) is 14.6. The van der Waals surface area contributed by atoms with Gasteiger partial charge in [0.15, 0.2) is 6.61 Å². The third-order valence-electron chi connectivity index (χ3n) is 4.40. The highest BCUT2D eigenvalue weighted by Gasteiger charge is 2.33. The summed E-state index contributed by atoms with van der Waals surface area (Å²) in [5.74, 6) is -0.145. The Labute approximate surface area is 175 Å². The number of hydrogen-bond donors (Lipinski definition) is 1. The van der Waals surface area contributed by atoms with Gasteiger partial charge in [-0.1, -0.05) is 18.2 Å². The molecule has 162 valence electrons. The van der Waals surface area contributed by atoms with Crippen molar-refractivity contribution in [3.05, 3.63) is 53.1 Å². The highest BCUT2D eigenvalue weighted by atomic mass is 35.5. The first-order valence-electron chi connectivity index (χ1n) is 9.18. The van der Waals surface area contributed by atoms with Gasteiger partial charge in [-0.2, -0.15) is 0 Å². The number of benzene rings is 1. The molecular weight excluding hydrogens is 425 g/mol. The largest absolute Gasteiger partial charge is 0.484 e. The van der Waals surface area contributed by atoms with E-state index in [0.717, 1.165) is 6.07 Å². The predicted molar refractivity (Wildman–Crippen MR) is 102 cm³/mol. The minimum atomic E-state index is -2.36. The number of ether oxygens (including phenoxy) is 1. The third-order valence-corrected chi connectivity index (χ3v) is 4.71. The Morgan fingerprint density at radius 1 is 1.40 bits per heavy atom. The number of allylic oxidation sites excluding steroid dienone is 1. The van der Waals surface area contributed by atoms with Crippen LogP contribution in [-0.4, -0.2) is 53.7 Å². The number of nitrogens with zero attached hydrogens (tertiary/aromatic N) is 3. The summed E-state index contributed by atoms with van der Waals surface area (Å²) in [7, 11) is 0. The first kappa shape index (κ1) is 22.1. The number of likely N-dealkylation sites (tertiary alicyclic amines) is 1. The van der Waals surface area contributed by atoms with Gasteiger partial charge in [-0.05, 0) is 18.6 Å². The van der Waals surface area contributed by atoms with Crippen molar-refractivity contribution in [2.45, 2.75) is 25.2 Å². The molecule has 1 aromatic carbocycles. The first-order valence-corrected chi connectivity index (χ1v) is 9.56. The van der Waals surface area contributed by atoms with Gasteiger partial charge in [0.25, 0.3) is 12.3 Å². The van der Waals surface area contributed by atoms with E-state index in [2.05, 4.69) is 22.1 Å². The van der Waals surface area contributed by atoms with E-state index in [1.807, 2.05) is 0 Å². The number of alkyl halides is 2. The molecule has 1 saturated heterocycles. The van der Waals surface area contributed by atoms with E-state index < -0.39 is 18.1 Å². The van der Waals surface area contributed by atoms with E-state index >= 15 is 0 Å². The first-order chi connectivity index (χ1) is 14.3. The Kier molecular flexibility index (Phi) is 7.33. The molecule has 1 fully saturated rings. The highest BCUT2D eigenvalue weighted by Crippen LogP contribution is 2.26. The van der Waals surface area contributed by atoms with E-state index in [-0.39, 0.29) is 29.8 Å². The Morgan fingerprint density at radius 3 is 2.87 bits per heavy atom. The molecule has 0 saturated carbocycles. The number of carbonyl (C=O) groups excluding carboxylic acids is 1. The molecule has 1 amide bonds. The Morgan fingerprint density at radius 2 is 2.17 bits per heavy atom. The van der Waals surface area contributed by atoms with Gasteiger partial charge in [0.1, 0.15) is 11.6 Å². The summed E-state index contributed by atoms with van der Waals surface area (Å²) in [6.45, 7) is 4.12. The molecule has 7 nitrogen and oxygen atoms in total. The number of halogens is 4. The lowest BCUT2D eigenvalue weighted by molar-refractivity contribution is -0.122. The minimum Gasteiger partial charge on any atom is -0.484 e. The van der Waals surface area contributed by atoms with E-state index in [1.54, 1.807) is 4.90 Å². The van der Waals surface area contributed by atoms with Gasteiger partial charge in [0.2, 0.25) is 11.8 Å². The summed E-state index contributed by atoms with van der Waals surface area (Å²) in [5.41, 5.74) is 0.428. The average molecular weight is 445 g/mol. The molecule has 2 heterocycles.